The van der Waals surface area contributed by atoms with Gasteiger partial charge >= 0.3 is 0 Å². The summed E-state index contributed by atoms with van der Waals surface area (Å²) in [6, 6.07) is 10.4. The molecule has 0 fully saturated rings. The summed E-state index contributed by atoms with van der Waals surface area (Å²) in [4.78, 5) is 0. The second kappa shape index (κ2) is 6.14. The minimum absolute atomic E-state index is 0.00876. The van der Waals surface area contributed by atoms with Gasteiger partial charge in [-0.3, -0.25) is 0 Å². The first-order valence-electron chi connectivity index (χ1n) is 6.72. The molecule has 0 amide bonds. The van der Waals surface area contributed by atoms with Crippen molar-refractivity contribution in [3.05, 3.63) is 70.3 Å². The molecule has 1 nitrogen and oxygen atoms in total. The van der Waals surface area contributed by atoms with Gasteiger partial charge in [0.05, 0.1) is 0 Å². The fraction of sp³-hybridized carbons (Fsp3) is 0.294. The van der Waals surface area contributed by atoms with Crippen molar-refractivity contribution in [1.82, 2.24) is 5.32 Å². The van der Waals surface area contributed by atoms with E-state index in [0.717, 1.165) is 11.1 Å². The van der Waals surface area contributed by atoms with Gasteiger partial charge in [0, 0.05) is 12.6 Å². The summed E-state index contributed by atoms with van der Waals surface area (Å²) >= 11 is 0. The van der Waals surface area contributed by atoms with Crippen LogP contribution in [0.2, 0.25) is 0 Å². The lowest BCUT2D eigenvalue weighted by atomic mass is 10.1. The Kier molecular flexibility index (Phi) is 4.50. The van der Waals surface area contributed by atoms with Crippen molar-refractivity contribution in [2.75, 3.05) is 0 Å². The van der Waals surface area contributed by atoms with E-state index in [0.29, 0.717) is 17.7 Å². The Morgan fingerprint density at radius 3 is 2.15 bits per heavy atom. The number of aryl methyl sites for hydroxylation is 2. The quantitative estimate of drug-likeness (QED) is 0.870. The van der Waals surface area contributed by atoms with Gasteiger partial charge in [0.1, 0.15) is 11.6 Å². The summed E-state index contributed by atoms with van der Waals surface area (Å²) in [5.41, 5.74) is 3.05. The van der Waals surface area contributed by atoms with E-state index in [1.54, 1.807) is 32.0 Å². The fourth-order valence-electron chi connectivity index (χ4n) is 2.01. The number of halogens is 2. The summed E-state index contributed by atoms with van der Waals surface area (Å²) in [5.74, 6) is -0.393. The lowest BCUT2D eigenvalue weighted by molar-refractivity contribution is 0.559. The van der Waals surface area contributed by atoms with Crippen LogP contribution >= 0.6 is 0 Å². The van der Waals surface area contributed by atoms with E-state index in [4.69, 9.17) is 0 Å². The van der Waals surface area contributed by atoms with Crippen LogP contribution in [-0.2, 0) is 6.54 Å². The molecule has 2 aromatic carbocycles. The van der Waals surface area contributed by atoms with Gasteiger partial charge in [0.2, 0.25) is 0 Å². The maximum absolute atomic E-state index is 13.5. The highest BCUT2D eigenvalue weighted by molar-refractivity contribution is 5.26. The first-order chi connectivity index (χ1) is 9.47. The van der Waals surface area contributed by atoms with Crippen molar-refractivity contribution in [2.45, 2.75) is 33.4 Å². The molecule has 0 bridgehead atoms. The molecular formula is C17H19F2N. The summed E-state index contributed by atoms with van der Waals surface area (Å²) in [5, 5.41) is 3.28. The molecule has 1 atom stereocenters. The predicted molar refractivity (Wildman–Crippen MR) is 77.5 cm³/mol. The molecule has 0 spiro atoms. The second-order valence-corrected chi connectivity index (χ2v) is 5.19. The zero-order valence-corrected chi connectivity index (χ0v) is 12.0. The molecule has 0 heterocycles. The van der Waals surface area contributed by atoms with Gasteiger partial charge in [-0.1, -0.05) is 24.3 Å². The Balaban J connectivity index is 2.02. The van der Waals surface area contributed by atoms with Crippen LogP contribution in [0.4, 0.5) is 8.78 Å². The Bertz CT molecular complexity index is 608. The zero-order valence-electron chi connectivity index (χ0n) is 12.0. The van der Waals surface area contributed by atoms with Gasteiger partial charge in [-0.05, 0) is 55.2 Å². The number of rotatable bonds is 4. The smallest absolute Gasteiger partial charge is 0.126 e. The molecule has 3 heteroatoms. The minimum atomic E-state index is -0.197. The number of benzene rings is 2. The van der Waals surface area contributed by atoms with Crippen LogP contribution in [0.3, 0.4) is 0 Å². The van der Waals surface area contributed by atoms with Crippen LogP contribution in [0.15, 0.2) is 36.4 Å². The lowest BCUT2D eigenvalue weighted by Crippen LogP contribution is -2.18. The highest BCUT2D eigenvalue weighted by Gasteiger charge is 2.08. The van der Waals surface area contributed by atoms with Gasteiger partial charge < -0.3 is 5.32 Å². The van der Waals surface area contributed by atoms with Crippen LogP contribution in [0.5, 0.6) is 0 Å². The third-order valence-electron chi connectivity index (χ3n) is 3.54. The van der Waals surface area contributed by atoms with Crippen molar-refractivity contribution in [3.8, 4) is 0 Å². The Morgan fingerprint density at radius 1 is 0.950 bits per heavy atom. The van der Waals surface area contributed by atoms with Gasteiger partial charge in [-0.15, -0.1) is 0 Å². The van der Waals surface area contributed by atoms with Gasteiger partial charge in [0.25, 0.3) is 0 Å². The van der Waals surface area contributed by atoms with E-state index < -0.39 is 0 Å². The molecule has 1 N–H and O–H groups in total. The first kappa shape index (κ1) is 14.7. The van der Waals surface area contributed by atoms with Crippen molar-refractivity contribution in [2.24, 2.45) is 0 Å². The standard InChI is InChI=1S/C17H19F2N/c1-11-4-6-14(8-16(11)18)10-20-13(3)15-7-5-12(2)17(19)9-15/h4-9,13,20H,10H2,1-3H3. The molecule has 20 heavy (non-hydrogen) atoms. The summed E-state index contributed by atoms with van der Waals surface area (Å²) in [7, 11) is 0. The van der Waals surface area contributed by atoms with Gasteiger partial charge in [-0.25, -0.2) is 8.78 Å². The molecule has 2 aromatic rings. The predicted octanol–water partition coefficient (Wildman–Crippen LogP) is 4.43. The van der Waals surface area contributed by atoms with E-state index in [1.807, 2.05) is 19.1 Å². The van der Waals surface area contributed by atoms with E-state index in [9.17, 15) is 8.78 Å². The SMILES string of the molecule is Cc1ccc(CNC(C)c2ccc(C)c(F)c2)cc1F. The normalized spacial score (nSPS) is 12.4. The maximum Gasteiger partial charge on any atom is 0.126 e. The zero-order chi connectivity index (χ0) is 14.7. The third kappa shape index (κ3) is 3.42. The topological polar surface area (TPSA) is 12.0 Å². The molecule has 2 rings (SSSR count). The molecule has 0 saturated carbocycles. The largest absolute Gasteiger partial charge is 0.306 e. The number of nitrogens with one attached hydrogen (secondary N) is 1. The Morgan fingerprint density at radius 2 is 1.55 bits per heavy atom. The summed E-state index contributed by atoms with van der Waals surface area (Å²) in [6.07, 6.45) is 0. The minimum Gasteiger partial charge on any atom is -0.306 e. The Labute approximate surface area is 118 Å². The molecule has 0 saturated heterocycles. The average Bonchev–Trinajstić information content (AvgIpc) is 2.43. The van der Waals surface area contributed by atoms with E-state index >= 15 is 0 Å². The monoisotopic (exact) mass is 275 g/mol. The van der Waals surface area contributed by atoms with Gasteiger partial charge in [0.15, 0.2) is 0 Å². The molecule has 0 aliphatic heterocycles. The molecule has 0 aliphatic rings. The van der Waals surface area contributed by atoms with Crippen molar-refractivity contribution in [1.29, 1.82) is 0 Å². The van der Waals surface area contributed by atoms with Crippen LogP contribution in [0.1, 0.15) is 35.2 Å². The number of hydrogen-bond acceptors (Lipinski definition) is 1. The van der Waals surface area contributed by atoms with E-state index in [-0.39, 0.29) is 17.7 Å². The maximum atomic E-state index is 13.5. The third-order valence-corrected chi connectivity index (χ3v) is 3.54. The van der Waals surface area contributed by atoms with E-state index in [2.05, 4.69) is 5.32 Å². The van der Waals surface area contributed by atoms with Crippen molar-refractivity contribution >= 4 is 0 Å². The van der Waals surface area contributed by atoms with Gasteiger partial charge in [-0.2, -0.15) is 0 Å². The molecular weight excluding hydrogens is 256 g/mol. The molecule has 0 radical (unpaired) electrons. The number of hydrogen-bond donors (Lipinski definition) is 1. The molecule has 0 aromatic heterocycles. The second-order valence-electron chi connectivity index (χ2n) is 5.19. The fourth-order valence-corrected chi connectivity index (χ4v) is 2.01. The van der Waals surface area contributed by atoms with Crippen LogP contribution in [0, 0.1) is 25.5 Å². The van der Waals surface area contributed by atoms with Crippen molar-refractivity contribution in [3.63, 3.8) is 0 Å². The molecule has 1 unspecified atom stereocenters. The van der Waals surface area contributed by atoms with E-state index in [1.165, 1.54) is 6.07 Å². The lowest BCUT2D eigenvalue weighted by Gasteiger charge is -2.15. The molecule has 106 valence electrons. The molecule has 0 aliphatic carbocycles. The highest BCUT2D eigenvalue weighted by Crippen LogP contribution is 2.17. The Hall–Kier alpha value is -1.74. The average molecular weight is 275 g/mol. The van der Waals surface area contributed by atoms with Crippen LogP contribution in [-0.4, -0.2) is 0 Å². The van der Waals surface area contributed by atoms with Crippen LogP contribution < -0.4 is 5.32 Å². The highest BCUT2D eigenvalue weighted by atomic mass is 19.1. The summed E-state index contributed by atoms with van der Waals surface area (Å²) < 4.78 is 27.0. The van der Waals surface area contributed by atoms with Crippen molar-refractivity contribution < 1.29 is 8.78 Å². The first-order valence-corrected chi connectivity index (χ1v) is 6.72. The summed E-state index contributed by atoms with van der Waals surface area (Å²) in [6.45, 7) is 6.00. The van der Waals surface area contributed by atoms with Crippen LogP contribution in [0.25, 0.3) is 0 Å².